The number of rotatable bonds is 7. The van der Waals surface area contributed by atoms with Gasteiger partial charge < -0.3 is 14.8 Å². The fourth-order valence-electron chi connectivity index (χ4n) is 2.09. The minimum atomic E-state index is -1.13. The third-order valence-corrected chi connectivity index (χ3v) is 3.43. The molecule has 2 aromatic carbocycles. The summed E-state index contributed by atoms with van der Waals surface area (Å²) in [5, 5.41) is 2.24. The van der Waals surface area contributed by atoms with Crippen LogP contribution in [0.25, 0.3) is 0 Å². The Morgan fingerprint density at radius 2 is 1.92 bits per heavy atom. The highest BCUT2D eigenvalue weighted by Gasteiger charge is 2.19. The van der Waals surface area contributed by atoms with Crippen LogP contribution in [-0.2, 0) is 14.3 Å². The minimum Gasteiger partial charge on any atom is -0.493 e. The zero-order chi connectivity index (χ0) is 19.1. The Morgan fingerprint density at radius 3 is 2.62 bits per heavy atom. The highest BCUT2D eigenvalue weighted by molar-refractivity contribution is 5.95. The number of aryl methyl sites for hydroxylation is 1. The second kappa shape index (κ2) is 8.94. The van der Waals surface area contributed by atoms with Crippen molar-refractivity contribution < 1.29 is 27.8 Å². The van der Waals surface area contributed by atoms with Crippen LogP contribution in [0.3, 0.4) is 0 Å². The highest BCUT2D eigenvalue weighted by atomic mass is 19.1. The van der Waals surface area contributed by atoms with Gasteiger partial charge in [0.1, 0.15) is 17.4 Å². The van der Waals surface area contributed by atoms with Crippen molar-refractivity contribution in [2.24, 2.45) is 0 Å². The fraction of sp³-hybridized carbons (Fsp3) is 0.263. The molecule has 0 aliphatic carbocycles. The lowest BCUT2D eigenvalue weighted by Crippen LogP contribution is -2.30. The molecule has 138 valence electrons. The van der Waals surface area contributed by atoms with Gasteiger partial charge in [-0.3, -0.25) is 9.59 Å². The van der Waals surface area contributed by atoms with E-state index in [1.54, 1.807) is 6.07 Å². The summed E-state index contributed by atoms with van der Waals surface area (Å²) in [7, 11) is 0. The van der Waals surface area contributed by atoms with Crippen molar-refractivity contribution in [1.82, 2.24) is 0 Å². The van der Waals surface area contributed by atoms with Crippen molar-refractivity contribution in [3.63, 3.8) is 0 Å². The molecule has 0 saturated heterocycles. The Labute approximate surface area is 149 Å². The number of amides is 1. The van der Waals surface area contributed by atoms with E-state index < -0.39 is 29.6 Å². The third-order valence-electron chi connectivity index (χ3n) is 3.43. The number of nitrogens with one attached hydrogen (secondary N) is 1. The van der Waals surface area contributed by atoms with E-state index in [0.717, 1.165) is 17.7 Å². The monoisotopic (exact) mass is 363 g/mol. The maximum absolute atomic E-state index is 13.5. The molecule has 1 atom stereocenters. The quantitative estimate of drug-likeness (QED) is 0.763. The normalized spacial score (nSPS) is 11.5. The van der Waals surface area contributed by atoms with Crippen molar-refractivity contribution in [2.75, 3.05) is 11.9 Å². The number of hydrogen-bond donors (Lipinski definition) is 1. The fourth-order valence-corrected chi connectivity index (χ4v) is 2.09. The summed E-state index contributed by atoms with van der Waals surface area (Å²) in [6.45, 7) is 3.38. The number of halogens is 2. The third kappa shape index (κ3) is 5.84. The maximum Gasteiger partial charge on any atom is 0.310 e. The number of esters is 1. The van der Waals surface area contributed by atoms with E-state index in [-0.39, 0.29) is 18.7 Å². The molecule has 2 rings (SSSR count). The van der Waals surface area contributed by atoms with Crippen LogP contribution in [0, 0.1) is 18.6 Å². The van der Waals surface area contributed by atoms with Crippen LogP contribution in [0.4, 0.5) is 14.5 Å². The van der Waals surface area contributed by atoms with E-state index in [1.165, 1.54) is 6.92 Å². The van der Waals surface area contributed by atoms with Gasteiger partial charge in [-0.05, 0) is 43.7 Å². The van der Waals surface area contributed by atoms with Crippen LogP contribution in [0.1, 0.15) is 18.9 Å². The van der Waals surface area contributed by atoms with Crippen molar-refractivity contribution in [1.29, 1.82) is 0 Å². The van der Waals surface area contributed by atoms with Gasteiger partial charge in [0.2, 0.25) is 0 Å². The first-order chi connectivity index (χ1) is 12.3. The van der Waals surface area contributed by atoms with Crippen molar-refractivity contribution in [2.45, 2.75) is 26.4 Å². The van der Waals surface area contributed by atoms with Gasteiger partial charge in [-0.2, -0.15) is 0 Å². The molecular weight excluding hydrogens is 344 g/mol. The summed E-state index contributed by atoms with van der Waals surface area (Å²) in [4.78, 5) is 23.7. The van der Waals surface area contributed by atoms with Gasteiger partial charge in [-0.25, -0.2) is 8.78 Å². The number of anilines is 1. The summed E-state index contributed by atoms with van der Waals surface area (Å²) in [6, 6.07) is 10.1. The minimum absolute atomic E-state index is 0.0452. The molecule has 0 aliphatic heterocycles. The maximum atomic E-state index is 13.5. The standard InChI is InChI=1S/C19H19F2NO4/c1-12-4-3-5-15(10-12)25-9-8-18(23)26-13(2)19(24)22-17-7-6-14(20)11-16(17)21/h3-7,10-11,13H,8-9H2,1-2H3,(H,22,24)/t13-/m0/s1. The zero-order valence-corrected chi connectivity index (χ0v) is 14.4. The molecule has 0 unspecified atom stereocenters. The Balaban J connectivity index is 1.77. The first kappa shape index (κ1) is 19.4. The Kier molecular flexibility index (Phi) is 6.66. The summed E-state index contributed by atoms with van der Waals surface area (Å²) in [5.74, 6) is -2.38. The smallest absolute Gasteiger partial charge is 0.310 e. The SMILES string of the molecule is Cc1cccc(OCCC(=O)O[C@@H](C)C(=O)Nc2ccc(F)cc2F)c1. The molecule has 0 aromatic heterocycles. The first-order valence-corrected chi connectivity index (χ1v) is 8.00. The van der Waals surface area contributed by atoms with E-state index in [2.05, 4.69) is 5.32 Å². The molecule has 1 amide bonds. The molecule has 0 radical (unpaired) electrons. The van der Waals surface area contributed by atoms with E-state index in [9.17, 15) is 18.4 Å². The lowest BCUT2D eigenvalue weighted by Gasteiger charge is -2.14. The molecule has 2 aromatic rings. The number of ether oxygens (including phenoxy) is 2. The predicted molar refractivity (Wildman–Crippen MR) is 91.8 cm³/mol. The molecule has 1 N–H and O–H groups in total. The molecule has 0 heterocycles. The first-order valence-electron chi connectivity index (χ1n) is 8.00. The molecular formula is C19H19F2NO4. The summed E-state index contributed by atoms with van der Waals surface area (Å²) in [6.07, 6.45) is -1.18. The second-order valence-corrected chi connectivity index (χ2v) is 5.66. The van der Waals surface area contributed by atoms with Gasteiger partial charge in [0.15, 0.2) is 6.10 Å². The molecule has 0 saturated carbocycles. The average Bonchev–Trinajstić information content (AvgIpc) is 2.57. The van der Waals surface area contributed by atoms with Crippen LogP contribution >= 0.6 is 0 Å². The van der Waals surface area contributed by atoms with Crippen molar-refractivity contribution in [3.8, 4) is 5.75 Å². The topological polar surface area (TPSA) is 64.6 Å². The van der Waals surface area contributed by atoms with Crippen LogP contribution in [-0.4, -0.2) is 24.6 Å². The summed E-state index contributed by atoms with van der Waals surface area (Å²) >= 11 is 0. The van der Waals surface area contributed by atoms with E-state index in [1.807, 2.05) is 25.1 Å². The van der Waals surface area contributed by atoms with Gasteiger partial charge in [-0.1, -0.05) is 12.1 Å². The van der Waals surface area contributed by atoms with Crippen LogP contribution in [0.5, 0.6) is 5.75 Å². The van der Waals surface area contributed by atoms with Crippen LogP contribution < -0.4 is 10.1 Å². The second-order valence-electron chi connectivity index (χ2n) is 5.66. The molecule has 5 nitrogen and oxygen atoms in total. The number of benzene rings is 2. The van der Waals surface area contributed by atoms with Crippen LogP contribution in [0.15, 0.2) is 42.5 Å². The van der Waals surface area contributed by atoms with Crippen molar-refractivity contribution >= 4 is 17.6 Å². The molecule has 0 spiro atoms. The van der Waals surface area contributed by atoms with Crippen molar-refractivity contribution in [3.05, 3.63) is 59.7 Å². The Bertz CT molecular complexity index is 795. The molecule has 7 heteroatoms. The number of carbonyl (C=O) groups excluding carboxylic acids is 2. The summed E-state index contributed by atoms with van der Waals surface area (Å²) < 4.78 is 36.8. The van der Waals surface area contributed by atoms with Gasteiger partial charge in [0.05, 0.1) is 18.7 Å². The lowest BCUT2D eigenvalue weighted by atomic mass is 10.2. The Morgan fingerprint density at radius 1 is 1.15 bits per heavy atom. The molecule has 26 heavy (non-hydrogen) atoms. The number of hydrogen-bond acceptors (Lipinski definition) is 4. The average molecular weight is 363 g/mol. The lowest BCUT2D eigenvalue weighted by molar-refractivity contribution is -0.153. The van der Waals surface area contributed by atoms with E-state index in [0.29, 0.717) is 11.8 Å². The van der Waals surface area contributed by atoms with Gasteiger partial charge in [-0.15, -0.1) is 0 Å². The zero-order valence-electron chi connectivity index (χ0n) is 14.4. The highest BCUT2D eigenvalue weighted by Crippen LogP contribution is 2.16. The Hall–Kier alpha value is -2.96. The molecule has 0 aliphatic rings. The number of carbonyl (C=O) groups is 2. The van der Waals surface area contributed by atoms with Crippen LogP contribution in [0.2, 0.25) is 0 Å². The van der Waals surface area contributed by atoms with Gasteiger partial charge >= 0.3 is 5.97 Å². The molecule has 0 fully saturated rings. The van der Waals surface area contributed by atoms with E-state index in [4.69, 9.17) is 9.47 Å². The predicted octanol–water partition coefficient (Wildman–Crippen LogP) is 3.61. The van der Waals surface area contributed by atoms with Gasteiger partial charge in [0.25, 0.3) is 5.91 Å². The molecule has 0 bridgehead atoms. The van der Waals surface area contributed by atoms with Gasteiger partial charge in [0, 0.05) is 6.07 Å². The largest absolute Gasteiger partial charge is 0.493 e. The summed E-state index contributed by atoms with van der Waals surface area (Å²) in [5.41, 5.74) is 0.838. The van der Waals surface area contributed by atoms with E-state index >= 15 is 0 Å².